The molecule has 222 valence electrons. The first-order chi connectivity index (χ1) is 16.4. The number of rotatable bonds is 0. The van der Waals surface area contributed by atoms with Crippen molar-refractivity contribution in [2.24, 2.45) is 23.7 Å². The van der Waals surface area contributed by atoms with Crippen LogP contribution < -0.4 is 0 Å². The van der Waals surface area contributed by atoms with Crippen LogP contribution >= 0.6 is 0 Å². The van der Waals surface area contributed by atoms with E-state index >= 15 is 0 Å². The molecule has 4 rings (SSSR count). The van der Waals surface area contributed by atoms with E-state index in [-0.39, 0.29) is 33.7 Å². The third-order valence-electron chi connectivity index (χ3n) is 7.36. The van der Waals surface area contributed by atoms with E-state index in [0.29, 0.717) is 11.1 Å². The van der Waals surface area contributed by atoms with Crippen LogP contribution in [0.5, 0.6) is 0 Å². The zero-order valence-corrected chi connectivity index (χ0v) is 23.5. The van der Waals surface area contributed by atoms with Gasteiger partial charge in [0.1, 0.15) is 17.5 Å². The summed E-state index contributed by atoms with van der Waals surface area (Å²) in [4.78, 5) is 0. The van der Waals surface area contributed by atoms with Gasteiger partial charge in [0.2, 0.25) is 0 Å². The topological polar surface area (TPSA) is 0 Å². The highest BCUT2D eigenvalue weighted by atomic mass is 19.1. The Morgan fingerprint density at radius 2 is 0.763 bits per heavy atom. The van der Waals surface area contributed by atoms with E-state index in [1.165, 1.54) is 76.5 Å². The molecule has 2 aromatic rings. The Morgan fingerprint density at radius 3 is 1.03 bits per heavy atom. The van der Waals surface area contributed by atoms with Gasteiger partial charge in [-0.05, 0) is 86.3 Å². The lowest BCUT2D eigenvalue weighted by atomic mass is 9.84. The predicted octanol–water partition coefficient (Wildman–Crippen LogP) is 12.6. The lowest BCUT2D eigenvalue weighted by Gasteiger charge is -2.22. The number of aryl methyl sites for hydroxylation is 3. The standard InChI is InChI=1S/C8H8F2.C8H9F.2C8H16.3CH4/c1-5-3-7(9)6(2)8(10)4-5;1-6-3-4-7(2)8(9)5-6;2*1-7-3-5-8(2)6-4-7;;;/h3-4H,1-2H3;3-5H,1-2H3;2*7-8H,3-6H2,1-2H3;3*1H4. The minimum Gasteiger partial charge on any atom is -0.207 e. The number of benzene rings is 2. The van der Waals surface area contributed by atoms with Gasteiger partial charge >= 0.3 is 0 Å². The van der Waals surface area contributed by atoms with Crippen LogP contribution in [0.2, 0.25) is 0 Å². The average molecular weight is 539 g/mol. The molecule has 2 aromatic carbocycles. The van der Waals surface area contributed by atoms with Gasteiger partial charge in [-0.2, -0.15) is 0 Å². The zero-order chi connectivity index (χ0) is 26.5. The molecule has 0 heterocycles. The van der Waals surface area contributed by atoms with Crippen molar-refractivity contribution in [3.05, 3.63) is 70.0 Å². The van der Waals surface area contributed by atoms with Crippen molar-refractivity contribution in [3.8, 4) is 0 Å². The lowest BCUT2D eigenvalue weighted by molar-refractivity contribution is 0.308. The molecule has 2 fully saturated rings. The van der Waals surface area contributed by atoms with Crippen molar-refractivity contribution in [3.63, 3.8) is 0 Å². The largest absolute Gasteiger partial charge is 0.207 e. The van der Waals surface area contributed by atoms with Gasteiger partial charge in [-0.15, -0.1) is 0 Å². The Morgan fingerprint density at radius 1 is 0.474 bits per heavy atom. The number of halogens is 3. The third-order valence-corrected chi connectivity index (χ3v) is 7.36. The summed E-state index contributed by atoms with van der Waals surface area (Å²) in [6.45, 7) is 16.2. The maximum absolute atomic E-state index is 12.6. The van der Waals surface area contributed by atoms with Crippen LogP contribution in [0, 0.1) is 68.8 Å². The highest BCUT2D eigenvalue weighted by Crippen LogP contribution is 2.28. The van der Waals surface area contributed by atoms with Crippen LogP contribution in [0.1, 0.15) is 124 Å². The van der Waals surface area contributed by atoms with E-state index in [1.54, 1.807) is 19.9 Å². The highest BCUT2D eigenvalue weighted by Gasteiger charge is 2.13. The number of hydrogen-bond donors (Lipinski definition) is 0. The quantitative estimate of drug-likeness (QED) is 0.313. The average Bonchev–Trinajstić information content (AvgIpc) is 2.80. The maximum atomic E-state index is 12.6. The lowest BCUT2D eigenvalue weighted by Crippen LogP contribution is -2.08. The van der Waals surface area contributed by atoms with E-state index in [4.69, 9.17) is 0 Å². The Labute approximate surface area is 235 Å². The second-order valence-corrected chi connectivity index (χ2v) is 11.3. The molecular weight excluding hydrogens is 477 g/mol. The molecular formula is C35H61F3. The molecule has 0 saturated heterocycles. The molecule has 0 radical (unpaired) electrons. The van der Waals surface area contributed by atoms with Gasteiger partial charge in [0.25, 0.3) is 0 Å². The van der Waals surface area contributed by atoms with E-state index in [9.17, 15) is 13.2 Å². The normalized spacial score (nSPS) is 21.7. The summed E-state index contributed by atoms with van der Waals surface area (Å²) in [7, 11) is 0. The molecule has 0 amide bonds. The minimum atomic E-state index is -0.475. The molecule has 0 unspecified atom stereocenters. The SMILES string of the molecule is C.C.C.CC1CCC(C)CC1.CC1CCC(C)CC1.Cc1cc(F)c(C)c(F)c1.Cc1ccc(C)c(F)c1. The fourth-order valence-corrected chi connectivity index (χ4v) is 4.32. The van der Waals surface area contributed by atoms with E-state index < -0.39 is 11.6 Å². The molecule has 3 heteroatoms. The van der Waals surface area contributed by atoms with E-state index in [1.807, 2.05) is 13.0 Å². The molecule has 2 aliphatic carbocycles. The Bertz CT molecular complexity index is 794. The van der Waals surface area contributed by atoms with Crippen LogP contribution in [0.15, 0.2) is 30.3 Å². The Kier molecular flexibility index (Phi) is 22.6. The number of hydrogen-bond acceptors (Lipinski definition) is 0. The second kappa shape index (κ2) is 21.1. The van der Waals surface area contributed by atoms with Crippen molar-refractivity contribution < 1.29 is 13.2 Å². The summed E-state index contributed by atoms with van der Waals surface area (Å²) in [5.41, 5.74) is 2.38. The van der Waals surface area contributed by atoms with Crippen LogP contribution in [-0.4, -0.2) is 0 Å². The summed E-state index contributed by atoms with van der Waals surface area (Å²) in [5.74, 6) is 3.01. The predicted molar refractivity (Wildman–Crippen MR) is 165 cm³/mol. The van der Waals surface area contributed by atoms with E-state index in [0.717, 1.165) is 29.2 Å². The van der Waals surface area contributed by atoms with Gasteiger partial charge in [-0.3, -0.25) is 0 Å². The fraction of sp³-hybridized carbons (Fsp3) is 0.657. The smallest absolute Gasteiger partial charge is 0.129 e. The molecule has 0 atom stereocenters. The first kappa shape index (κ1) is 40.7. The molecule has 0 aromatic heterocycles. The van der Waals surface area contributed by atoms with Crippen molar-refractivity contribution in [2.45, 2.75) is 129 Å². The van der Waals surface area contributed by atoms with Crippen molar-refractivity contribution in [2.75, 3.05) is 0 Å². The first-order valence-corrected chi connectivity index (χ1v) is 13.5. The van der Waals surface area contributed by atoms with Gasteiger partial charge in [0, 0.05) is 5.56 Å². The van der Waals surface area contributed by atoms with Crippen LogP contribution in [0.25, 0.3) is 0 Å². The second-order valence-electron chi connectivity index (χ2n) is 11.3. The van der Waals surface area contributed by atoms with Gasteiger partial charge in [-0.1, -0.05) is 113 Å². The van der Waals surface area contributed by atoms with Crippen molar-refractivity contribution in [1.29, 1.82) is 0 Å². The molecule has 0 nitrogen and oxygen atoms in total. The summed E-state index contributed by atoms with van der Waals surface area (Å²) < 4.78 is 37.8. The maximum Gasteiger partial charge on any atom is 0.129 e. The zero-order valence-electron chi connectivity index (χ0n) is 23.5. The van der Waals surface area contributed by atoms with Gasteiger partial charge in [0.15, 0.2) is 0 Å². The molecule has 0 aliphatic heterocycles. The van der Waals surface area contributed by atoms with Crippen molar-refractivity contribution in [1.82, 2.24) is 0 Å². The van der Waals surface area contributed by atoms with E-state index in [2.05, 4.69) is 27.7 Å². The summed E-state index contributed by atoms with van der Waals surface area (Å²) in [6, 6.07) is 7.86. The third kappa shape index (κ3) is 16.9. The van der Waals surface area contributed by atoms with Crippen molar-refractivity contribution >= 4 is 0 Å². The summed E-state index contributed by atoms with van der Waals surface area (Å²) >= 11 is 0. The van der Waals surface area contributed by atoms with Gasteiger partial charge < -0.3 is 0 Å². The molecule has 0 spiro atoms. The Balaban J connectivity index is -0.000000420. The van der Waals surface area contributed by atoms with Crippen LogP contribution in [-0.2, 0) is 0 Å². The monoisotopic (exact) mass is 538 g/mol. The van der Waals surface area contributed by atoms with Crippen LogP contribution in [0.3, 0.4) is 0 Å². The molecule has 2 saturated carbocycles. The van der Waals surface area contributed by atoms with Gasteiger partial charge in [0.05, 0.1) is 0 Å². The molecule has 0 bridgehead atoms. The summed E-state index contributed by atoms with van der Waals surface area (Å²) in [6.07, 6.45) is 11.8. The minimum absolute atomic E-state index is 0. The first-order valence-electron chi connectivity index (χ1n) is 13.5. The Hall–Kier alpha value is -1.77. The molecule has 0 N–H and O–H groups in total. The fourth-order valence-electron chi connectivity index (χ4n) is 4.32. The molecule has 38 heavy (non-hydrogen) atoms. The highest BCUT2D eigenvalue weighted by molar-refractivity contribution is 5.24. The summed E-state index contributed by atoms with van der Waals surface area (Å²) in [5, 5.41) is 0. The van der Waals surface area contributed by atoms with Crippen LogP contribution in [0.4, 0.5) is 13.2 Å². The molecule has 2 aliphatic rings. The van der Waals surface area contributed by atoms with Gasteiger partial charge in [-0.25, -0.2) is 13.2 Å².